The molecule has 0 saturated carbocycles. The van der Waals surface area contributed by atoms with Crippen LogP contribution in [0.25, 0.3) is 0 Å². The molecule has 5 N–H and O–H groups in total. The minimum absolute atomic E-state index is 0.0756. The maximum Gasteiger partial charge on any atom is 0.250 e. The minimum Gasteiger partial charge on any atom is -0.374 e. The van der Waals surface area contributed by atoms with Crippen LogP contribution in [0.3, 0.4) is 0 Å². The number of carbonyl (C=O) groups excluding carboxylic acids is 2. The number of ether oxygens (including phenoxy) is 1. The van der Waals surface area contributed by atoms with Gasteiger partial charge < -0.3 is 25.7 Å². The summed E-state index contributed by atoms with van der Waals surface area (Å²) in [4.78, 5) is 29.7. The second-order valence-corrected chi connectivity index (χ2v) is 10.9. The highest BCUT2D eigenvalue weighted by atomic mass is 32.2. The van der Waals surface area contributed by atoms with Crippen LogP contribution in [0.4, 0.5) is 11.5 Å². The van der Waals surface area contributed by atoms with Crippen molar-refractivity contribution in [3.8, 4) is 0 Å². The van der Waals surface area contributed by atoms with Gasteiger partial charge in [-0.15, -0.1) is 0 Å². The number of amides is 2. The van der Waals surface area contributed by atoms with Crippen molar-refractivity contribution in [3.05, 3.63) is 78.2 Å². The molecule has 0 aliphatic heterocycles. The highest BCUT2D eigenvalue weighted by molar-refractivity contribution is 7.92. The summed E-state index contributed by atoms with van der Waals surface area (Å²) in [7, 11) is -3.45. The lowest BCUT2D eigenvalue weighted by atomic mass is 10.1. The van der Waals surface area contributed by atoms with Gasteiger partial charge in [-0.3, -0.25) is 14.3 Å². The molecule has 0 fully saturated rings. The zero-order valence-electron chi connectivity index (χ0n) is 21.0. The number of anilines is 2. The van der Waals surface area contributed by atoms with Crippen molar-refractivity contribution >= 4 is 33.3 Å². The number of aromatic nitrogens is 2. The normalized spacial score (nSPS) is 12.5. The molecule has 0 aliphatic rings. The molecule has 3 aromatic rings. The molecule has 0 radical (unpaired) electrons. The van der Waals surface area contributed by atoms with Crippen LogP contribution >= 0.6 is 0 Å². The first-order chi connectivity index (χ1) is 17.4. The number of nitrogens with two attached hydrogens (primary N) is 1. The Balaban J connectivity index is 1.67. The molecule has 0 saturated heterocycles. The van der Waals surface area contributed by atoms with Gasteiger partial charge in [0.25, 0.3) is 5.91 Å². The topological polar surface area (TPSA) is 157 Å². The summed E-state index contributed by atoms with van der Waals surface area (Å²) in [6, 6.07) is 15.4. The summed E-state index contributed by atoms with van der Waals surface area (Å²) in [5, 5.41) is 5.33. The van der Waals surface area contributed by atoms with E-state index in [2.05, 4.69) is 20.3 Å². The van der Waals surface area contributed by atoms with E-state index in [1.807, 2.05) is 30.3 Å². The Kier molecular flexibility index (Phi) is 9.03. The summed E-state index contributed by atoms with van der Waals surface area (Å²) >= 11 is 0. The first-order valence-corrected chi connectivity index (χ1v) is 13.4. The third kappa shape index (κ3) is 9.01. The van der Waals surface area contributed by atoms with E-state index in [-0.39, 0.29) is 19.0 Å². The predicted octanol–water partition coefficient (Wildman–Crippen LogP) is 1.68. The van der Waals surface area contributed by atoms with E-state index >= 15 is 0 Å². The number of rotatable bonds is 12. The van der Waals surface area contributed by atoms with E-state index in [0.717, 1.165) is 11.8 Å². The third-order valence-corrected chi connectivity index (χ3v) is 5.74. The average Bonchev–Trinajstić information content (AvgIpc) is 3.25. The van der Waals surface area contributed by atoms with Gasteiger partial charge in [0, 0.05) is 6.20 Å². The fourth-order valence-corrected chi connectivity index (χ4v) is 3.87. The van der Waals surface area contributed by atoms with Crippen molar-refractivity contribution in [1.29, 1.82) is 0 Å². The van der Waals surface area contributed by atoms with Crippen molar-refractivity contribution in [2.24, 2.45) is 5.73 Å². The van der Waals surface area contributed by atoms with Crippen LogP contribution in [-0.2, 0) is 37.5 Å². The van der Waals surface area contributed by atoms with Crippen LogP contribution in [0.15, 0.2) is 67.1 Å². The first kappa shape index (κ1) is 27.8. The zero-order valence-corrected chi connectivity index (χ0v) is 21.8. The number of nitrogens with zero attached hydrogens (tertiary/aromatic N) is 2. The highest BCUT2D eigenvalue weighted by Gasteiger charge is 2.28. The fourth-order valence-electron chi connectivity index (χ4n) is 3.27. The van der Waals surface area contributed by atoms with Gasteiger partial charge in [0.15, 0.2) is 5.82 Å². The largest absolute Gasteiger partial charge is 0.374 e. The lowest BCUT2D eigenvalue weighted by molar-refractivity contribution is -0.130. The standard InChI is InChI=1S/C25H32N6O5S/c1-25(2,26)24(33)28-21(16-36-15-18-9-5-4-6-10-18)23(32)29-22-14-31(17-27-22)13-19-11-7-8-12-20(19)30-37(3,34)35/h4-12,14,17,21,30H,13,15-16,26H2,1-3H3,(H,28,33)(H,29,32). The second-order valence-electron chi connectivity index (χ2n) is 9.20. The molecule has 0 aliphatic carbocycles. The second kappa shape index (κ2) is 12.0. The van der Waals surface area contributed by atoms with Gasteiger partial charge in [0.05, 0.1) is 43.6 Å². The molecule has 2 amide bonds. The van der Waals surface area contributed by atoms with Gasteiger partial charge in [-0.2, -0.15) is 0 Å². The first-order valence-electron chi connectivity index (χ1n) is 11.5. The van der Waals surface area contributed by atoms with Gasteiger partial charge >= 0.3 is 0 Å². The van der Waals surface area contributed by atoms with Crippen molar-refractivity contribution in [2.75, 3.05) is 22.9 Å². The summed E-state index contributed by atoms with van der Waals surface area (Å²) < 4.78 is 33.2. The average molecular weight is 529 g/mol. The van der Waals surface area contributed by atoms with E-state index in [1.165, 1.54) is 6.33 Å². The molecule has 37 heavy (non-hydrogen) atoms. The number of carbonyl (C=O) groups is 2. The molecular formula is C25H32N6O5S. The van der Waals surface area contributed by atoms with Crippen molar-refractivity contribution in [1.82, 2.24) is 14.9 Å². The van der Waals surface area contributed by atoms with Gasteiger partial charge in [-0.25, -0.2) is 13.4 Å². The van der Waals surface area contributed by atoms with Crippen LogP contribution in [0.1, 0.15) is 25.0 Å². The summed E-state index contributed by atoms with van der Waals surface area (Å²) in [5.74, 6) is -0.764. The lowest BCUT2D eigenvalue weighted by Gasteiger charge is -2.23. The summed E-state index contributed by atoms with van der Waals surface area (Å²) in [6.07, 6.45) is 4.19. The van der Waals surface area contributed by atoms with Gasteiger partial charge in [-0.1, -0.05) is 48.5 Å². The van der Waals surface area contributed by atoms with E-state index < -0.39 is 33.4 Å². The van der Waals surface area contributed by atoms with Gasteiger partial charge in [-0.05, 0) is 31.0 Å². The van der Waals surface area contributed by atoms with Gasteiger partial charge in [0.1, 0.15) is 6.04 Å². The summed E-state index contributed by atoms with van der Waals surface area (Å²) in [5.41, 5.74) is 6.79. The van der Waals surface area contributed by atoms with E-state index in [9.17, 15) is 18.0 Å². The number of imidazole rings is 1. The number of para-hydroxylation sites is 1. The molecule has 2 aromatic carbocycles. The molecule has 198 valence electrons. The van der Waals surface area contributed by atoms with Crippen LogP contribution < -0.4 is 21.1 Å². The smallest absolute Gasteiger partial charge is 0.250 e. The predicted molar refractivity (Wildman–Crippen MR) is 141 cm³/mol. The lowest BCUT2D eigenvalue weighted by Crippen LogP contribution is -2.56. The molecule has 1 atom stereocenters. The number of benzene rings is 2. The van der Waals surface area contributed by atoms with Crippen molar-refractivity contribution < 1.29 is 22.7 Å². The molecule has 0 bridgehead atoms. The molecule has 1 unspecified atom stereocenters. The Morgan fingerprint density at radius 2 is 1.78 bits per heavy atom. The van der Waals surface area contributed by atoms with Gasteiger partial charge in [0.2, 0.25) is 15.9 Å². The van der Waals surface area contributed by atoms with Crippen LogP contribution in [0.2, 0.25) is 0 Å². The molecule has 1 aromatic heterocycles. The molecule has 0 spiro atoms. The van der Waals surface area contributed by atoms with Crippen LogP contribution in [-0.4, -0.2) is 54.2 Å². The SMILES string of the molecule is CC(C)(N)C(=O)NC(COCc1ccccc1)C(=O)Nc1cn(Cc2ccccc2NS(C)(=O)=O)cn1. The Labute approximate surface area is 216 Å². The number of hydrogen-bond donors (Lipinski definition) is 4. The minimum atomic E-state index is -3.45. The summed E-state index contributed by atoms with van der Waals surface area (Å²) in [6.45, 7) is 3.58. The zero-order chi connectivity index (χ0) is 27.1. The van der Waals surface area contributed by atoms with Crippen molar-refractivity contribution in [2.45, 2.75) is 38.6 Å². The molecule has 12 heteroatoms. The maximum absolute atomic E-state index is 13.0. The molecule has 11 nitrogen and oxygen atoms in total. The fraction of sp³-hybridized carbons (Fsp3) is 0.320. The Bertz CT molecular complexity index is 1320. The number of sulfonamides is 1. The highest BCUT2D eigenvalue weighted by Crippen LogP contribution is 2.18. The maximum atomic E-state index is 13.0. The molecule has 1 heterocycles. The molecule has 3 rings (SSSR count). The molecular weight excluding hydrogens is 496 g/mol. The van der Waals surface area contributed by atoms with E-state index in [0.29, 0.717) is 17.8 Å². The number of hydrogen-bond acceptors (Lipinski definition) is 7. The Hall–Kier alpha value is -3.74. The van der Waals surface area contributed by atoms with Crippen LogP contribution in [0.5, 0.6) is 0 Å². The quantitative estimate of drug-likeness (QED) is 0.278. The Morgan fingerprint density at radius 3 is 2.46 bits per heavy atom. The monoisotopic (exact) mass is 528 g/mol. The van der Waals surface area contributed by atoms with E-state index in [1.54, 1.807) is 48.9 Å². The van der Waals surface area contributed by atoms with Crippen molar-refractivity contribution in [3.63, 3.8) is 0 Å². The van der Waals surface area contributed by atoms with Crippen LogP contribution in [0, 0.1) is 0 Å². The number of nitrogens with one attached hydrogen (secondary N) is 3. The van der Waals surface area contributed by atoms with E-state index in [4.69, 9.17) is 10.5 Å². The Morgan fingerprint density at radius 1 is 1.11 bits per heavy atom. The third-order valence-electron chi connectivity index (χ3n) is 5.15.